The molecule has 0 radical (unpaired) electrons. The molecule has 0 aliphatic carbocycles. The second-order valence-electron chi connectivity index (χ2n) is 7.11. The van der Waals surface area contributed by atoms with Crippen molar-refractivity contribution in [2.75, 3.05) is 6.54 Å². The van der Waals surface area contributed by atoms with Crippen LogP contribution in [0.5, 0.6) is 0 Å². The summed E-state index contributed by atoms with van der Waals surface area (Å²) in [6.45, 7) is 1.15. The molecule has 0 aliphatic heterocycles. The number of carbonyl (C=O) groups excluding carboxylic acids is 1. The summed E-state index contributed by atoms with van der Waals surface area (Å²) in [4.78, 5) is 27.8. The smallest absolute Gasteiger partial charge is 0.262 e. The van der Waals surface area contributed by atoms with Gasteiger partial charge in [-0.05, 0) is 67.4 Å². The molecule has 5 nitrogen and oxygen atoms in total. The minimum atomic E-state index is -0.0880. The van der Waals surface area contributed by atoms with Crippen LogP contribution < -0.4 is 10.9 Å². The highest BCUT2D eigenvalue weighted by Crippen LogP contribution is 2.15. The second-order valence-corrected chi connectivity index (χ2v) is 8.85. The highest BCUT2D eigenvalue weighted by Gasteiger charge is 2.07. The van der Waals surface area contributed by atoms with Gasteiger partial charge in [-0.25, -0.2) is 0 Å². The molecule has 1 amide bonds. The van der Waals surface area contributed by atoms with Gasteiger partial charge >= 0.3 is 0 Å². The number of fused-ring (bicyclic) bond motifs is 1. The minimum Gasteiger partial charge on any atom is -0.356 e. The Morgan fingerprint density at radius 3 is 2.67 bits per heavy atom. The Bertz CT molecular complexity index is 1140. The Balaban J connectivity index is 1.41. The first-order valence-electron chi connectivity index (χ1n) is 9.87. The predicted octanol–water partition coefficient (Wildman–Crippen LogP) is 5.39. The topological polar surface area (TPSA) is 66.9 Å². The SMILES string of the molecule is O=C(CCCCCn1c(=S)[nH]c2ccc(Br)cc2c1=O)NCCc1ccc(Cl)cc1. The highest BCUT2D eigenvalue weighted by atomic mass is 79.9. The normalized spacial score (nSPS) is 11.0. The third-order valence-corrected chi connectivity index (χ3v) is 5.95. The maximum absolute atomic E-state index is 12.7. The quantitative estimate of drug-likeness (QED) is 0.301. The van der Waals surface area contributed by atoms with Crippen LogP contribution in [-0.4, -0.2) is 22.0 Å². The van der Waals surface area contributed by atoms with Crippen molar-refractivity contribution < 1.29 is 4.79 Å². The number of unbranched alkanes of at least 4 members (excludes halogenated alkanes) is 2. The summed E-state index contributed by atoms with van der Waals surface area (Å²) in [7, 11) is 0. The Morgan fingerprint density at radius 2 is 1.90 bits per heavy atom. The van der Waals surface area contributed by atoms with Crippen LogP contribution in [0, 0.1) is 4.77 Å². The third-order valence-electron chi connectivity index (χ3n) is 4.88. The first-order valence-corrected chi connectivity index (χ1v) is 11.5. The summed E-state index contributed by atoms with van der Waals surface area (Å²) in [6, 6.07) is 13.1. The van der Waals surface area contributed by atoms with Crippen LogP contribution in [0.2, 0.25) is 5.02 Å². The largest absolute Gasteiger partial charge is 0.356 e. The van der Waals surface area contributed by atoms with Gasteiger partial charge in [0, 0.05) is 29.0 Å². The third kappa shape index (κ3) is 6.27. The van der Waals surface area contributed by atoms with E-state index in [1.54, 1.807) is 10.6 Å². The number of amides is 1. The maximum Gasteiger partial charge on any atom is 0.262 e. The van der Waals surface area contributed by atoms with Crippen molar-refractivity contribution in [2.45, 2.75) is 38.6 Å². The minimum absolute atomic E-state index is 0.0500. The van der Waals surface area contributed by atoms with Gasteiger partial charge in [-0.2, -0.15) is 0 Å². The fourth-order valence-corrected chi connectivity index (χ4v) is 4.02. The first-order chi connectivity index (χ1) is 14.4. The van der Waals surface area contributed by atoms with Gasteiger partial charge in [-0.15, -0.1) is 0 Å². The summed E-state index contributed by atoms with van der Waals surface area (Å²) in [5.41, 5.74) is 1.79. The van der Waals surface area contributed by atoms with Crippen LogP contribution in [0.1, 0.15) is 31.2 Å². The van der Waals surface area contributed by atoms with Crippen molar-refractivity contribution in [3.05, 3.63) is 72.6 Å². The van der Waals surface area contributed by atoms with E-state index in [1.807, 2.05) is 36.4 Å². The van der Waals surface area contributed by atoms with E-state index in [2.05, 4.69) is 26.2 Å². The Labute approximate surface area is 193 Å². The van der Waals surface area contributed by atoms with Crippen LogP contribution in [-0.2, 0) is 17.8 Å². The van der Waals surface area contributed by atoms with Crippen LogP contribution in [0.3, 0.4) is 0 Å². The van der Waals surface area contributed by atoms with E-state index in [0.29, 0.717) is 34.7 Å². The maximum atomic E-state index is 12.7. The van der Waals surface area contributed by atoms with E-state index in [9.17, 15) is 9.59 Å². The van der Waals surface area contributed by atoms with Gasteiger partial charge < -0.3 is 10.3 Å². The molecule has 3 rings (SSSR count). The summed E-state index contributed by atoms with van der Waals surface area (Å²) in [5.74, 6) is 0.0500. The Hall–Kier alpha value is -1.96. The molecule has 0 saturated carbocycles. The van der Waals surface area contributed by atoms with E-state index in [1.165, 1.54) is 0 Å². The number of hydrogen-bond donors (Lipinski definition) is 2. The lowest BCUT2D eigenvalue weighted by Gasteiger charge is -2.09. The molecular weight excluding hydrogens is 486 g/mol. The molecule has 0 unspecified atom stereocenters. The number of benzene rings is 2. The van der Waals surface area contributed by atoms with Gasteiger partial charge in [0.05, 0.1) is 10.9 Å². The lowest BCUT2D eigenvalue weighted by atomic mass is 10.1. The molecular formula is C22H23BrClN3O2S. The van der Waals surface area contributed by atoms with Crippen LogP contribution in [0.4, 0.5) is 0 Å². The Kier molecular flexibility index (Phi) is 8.24. The summed E-state index contributed by atoms with van der Waals surface area (Å²) < 4.78 is 2.87. The average molecular weight is 509 g/mol. The molecule has 0 saturated heterocycles. The molecule has 2 aromatic carbocycles. The summed E-state index contributed by atoms with van der Waals surface area (Å²) in [5, 5.41) is 4.26. The number of carbonyl (C=O) groups is 1. The van der Waals surface area contributed by atoms with Crippen molar-refractivity contribution in [3.8, 4) is 0 Å². The van der Waals surface area contributed by atoms with Crippen molar-refractivity contribution in [3.63, 3.8) is 0 Å². The van der Waals surface area contributed by atoms with Gasteiger partial charge in [-0.3, -0.25) is 14.2 Å². The van der Waals surface area contributed by atoms with Crippen LogP contribution in [0.15, 0.2) is 51.7 Å². The number of rotatable bonds is 9. The van der Waals surface area contributed by atoms with Crippen molar-refractivity contribution in [1.82, 2.24) is 14.9 Å². The van der Waals surface area contributed by atoms with Crippen molar-refractivity contribution in [1.29, 1.82) is 0 Å². The zero-order chi connectivity index (χ0) is 21.5. The van der Waals surface area contributed by atoms with E-state index < -0.39 is 0 Å². The molecule has 0 atom stereocenters. The predicted molar refractivity (Wildman–Crippen MR) is 128 cm³/mol. The molecule has 3 aromatic rings. The molecule has 0 spiro atoms. The Morgan fingerprint density at radius 1 is 1.13 bits per heavy atom. The first kappa shape index (κ1) is 22.7. The number of halogens is 2. The lowest BCUT2D eigenvalue weighted by Crippen LogP contribution is -2.25. The van der Waals surface area contributed by atoms with E-state index >= 15 is 0 Å². The molecule has 30 heavy (non-hydrogen) atoms. The zero-order valence-corrected chi connectivity index (χ0v) is 19.6. The number of H-pyrrole nitrogens is 1. The second kappa shape index (κ2) is 10.9. The molecule has 2 N–H and O–H groups in total. The van der Waals surface area contributed by atoms with Gasteiger partial charge in [-0.1, -0.05) is 46.1 Å². The fraction of sp³-hybridized carbons (Fsp3) is 0.318. The number of aromatic nitrogens is 2. The summed E-state index contributed by atoms with van der Waals surface area (Å²) >= 11 is 14.6. The molecule has 0 aliphatic rings. The van der Waals surface area contributed by atoms with Crippen LogP contribution in [0.25, 0.3) is 10.9 Å². The number of hydrogen-bond acceptors (Lipinski definition) is 3. The van der Waals surface area contributed by atoms with E-state index in [0.717, 1.165) is 41.2 Å². The van der Waals surface area contributed by atoms with Gasteiger partial charge in [0.15, 0.2) is 4.77 Å². The fourth-order valence-electron chi connectivity index (χ4n) is 3.24. The highest BCUT2D eigenvalue weighted by molar-refractivity contribution is 9.10. The van der Waals surface area contributed by atoms with Gasteiger partial charge in [0.1, 0.15) is 0 Å². The van der Waals surface area contributed by atoms with E-state index in [4.69, 9.17) is 23.8 Å². The molecule has 1 heterocycles. The van der Waals surface area contributed by atoms with Crippen LogP contribution >= 0.6 is 39.7 Å². The lowest BCUT2D eigenvalue weighted by molar-refractivity contribution is -0.121. The number of nitrogens with one attached hydrogen (secondary N) is 2. The van der Waals surface area contributed by atoms with Gasteiger partial charge in [0.2, 0.25) is 5.91 Å². The number of aromatic amines is 1. The average Bonchev–Trinajstić information content (AvgIpc) is 2.72. The standard InChI is InChI=1S/C22H23BrClN3O2S/c23-16-7-10-19-18(14-16)21(29)27(22(30)26-19)13-3-1-2-4-20(28)25-12-11-15-5-8-17(24)9-6-15/h5-10,14H,1-4,11-13H2,(H,25,28)(H,26,30). The molecule has 0 fully saturated rings. The monoisotopic (exact) mass is 507 g/mol. The van der Waals surface area contributed by atoms with E-state index in [-0.39, 0.29) is 11.5 Å². The van der Waals surface area contributed by atoms with Crippen molar-refractivity contribution >= 4 is 56.6 Å². The van der Waals surface area contributed by atoms with Gasteiger partial charge in [0.25, 0.3) is 5.56 Å². The zero-order valence-electron chi connectivity index (χ0n) is 16.4. The molecule has 158 valence electrons. The van der Waals surface area contributed by atoms with Crippen molar-refractivity contribution in [2.24, 2.45) is 0 Å². The molecule has 1 aromatic heterocycles. The molecule has 8 heteroatoms. The molecule has 0 bridgehead atoms. The summed E-state index contributed by atoms with van der Waals surface area (Å²) in [6.07, 6.45) is 3.67. The number of nitrogens with zero attached hydrogens (tertiary/aromatic N) is 1.